The van der Waals surface area contributed by atoms with Gasteiger partial charge in [0.25, 0.3) is 0 Å². The Balaban J connectivity index is 1.92. The molecule has 0 bridgehead atoms. The molecule has 0 atom stereocenters. The highest BCUT2D eigenvalue weighted by molar-refractivity contribution is 5.77. The second kappa shape index (κ2) is 4.55. The second-order valence-corrected chi connectivity index (χ2v) is 3.33. The summed E-state index contributed by atoms with van der Waals surface area (Å²) in [5, 5.41) is 3.90. The molecule has 3 nitrogen and oxygen atoms in total. The van der Waals surface area contributed by atoms with Gasteiger partial charge in [0.2, 0.25) is 5.91 Å². The predicted molar refractivity (Wildman–Crippen MR) is 57.6 cm³/mol. The van der Waals surface area contributed by atoms with Crippen LogP contribution in [0.5, 0.6) is 0 Å². The van der Waals surface area contributed by atoms with Gasteiger partial charge in [-0.3, -0.25) is 4.79 Å². The van der Waals surface area contributed by atoms with Crippen molar-refractivity contribution < 1.29 is 4.79 Å². The van der Waals surface area contributed by atoms with Crippen LogP contribution in [0.4, 0.5) is 0 Å². The van der Waals surface area contributed by atoms with Gasteiger partial charge in [0.1, 0.15) is 0 Å². The van der Waals surface area contributed by atoms with Crippen molar-refractivity contribution in [1.29, 1.82) is 0 Å². The Morgan fingerprint density at radius 1 is 1.20 bits per heavy atom. The van der Waals surface area contributed by atoms with Crippen LogP contribution >= 0.6 is 0 Å². The lowest BCUT2D eigenvalue weighted by Gasteiger charge is -2.00. The van der Waals surface area contributed by atoms with Gasteiger partial charge in [0.05, 0.1) is 0 Å². The van der Waals surface area contributed by atoms with Gasteiger partial charge in [-0.25, -0.2) is 4.68 Å². The van der Waals surface area contributed by atoms with Crippen LogP contribution in [0, 0.1) is 0 Å². The number of hydrogen-bond acceptors (Lipinski definition) is 2. The Labute approximate surface area is 88.4 Å². The van der Waals surface area contributed by atoms with E-state index in [1.807, 2.05) is 30.3 Å². The summed E-state index contributed by atoms with van der Waals surface area (Å²) in [6.45, 7) is 0. The van der Waals surface area contributed by atoms with E-state index in [1.54, 1.807) is 18.5 Å². The molecule has 0 aliphatic carbocycles. The van der Waals surface area contributed by atoms with E-state index in [1.165, 1.54) is 10.2 Å². The largest absolute Gasteiger partial charge is 0.273 e. The quantitative estimate of drug-likeness (QED) is 0.761. The Bertz CT molecular complexity index is 420. The van der Waals surface area contributed by atoms with Crippen molar-refractivity contribution in [3.05, 3.63) is 54.4 Å². The number of carbonyl (C=O) groups is 1. The van der Waals surface area contributed by atoms with Crippen LogP contribution in [0.25, 0.3) is 0 Å². The number of aryl methyl sites for hydroxylation is 1. The van der Waals surface area contributed by atoms with Gasteiger partial charge in [0.15, 0.2) is 0 Å². The summed E-state index contributed by atoms with van der Waals surface area (Å²) in [4.78, 5) is 11.6. The third-order valence-corrected chi connectivity index (χ3v) is 2.23. The minimum Gasteiger partial charge on any atom is -0.273 e. The fourth-order valence-corrected chi connectivity index (χ4v) is 1.43. The molecule has 2 rings (SSSR count). The number of nitrogens with zero attached hydrogens (tertiary/aromatic N) is 2. The van der Waals surface area contributed by atoms with Crippen molar-refractivity contribution in [3.63, 3.8) is 0 Å². The molecule has 0 N–H and O–H groups in total. The highest BCUT2D eigenvalue weighted by atomic mass is 16.2. The summed E-state index contributed by atoms with van der Waals surface area (Å²) in [7, 11) is 0. The van der Waals surface area contributed by atoms with E-state index in [-0.39, 0.29) is 5.91 Å². The molecule has 1 aromatic heterocycles. The molecule has 0 amide bonds. The summed E-state index contributed by atoms with van der Waals surface area (Å²) >= 11 is 0. The van der Waals surface area contributed by atoms with E-state index in [9.17, 15) is 4.79 Å². The average molecular weight is 200 g/mol. The predicted octanol–water partition coefficient (Wildman–Crippen LogP) is 2.16. The zero-order valence-corrected chi connectivity index (χ0v) is 8.34. The fourth-order valence-electron chi connectivity index (χ4n) is 1.43. The van der Waals surface area contributed by atoms with Gasteiger partial charge < -0.3 is 0 Å². The molecule has 1 heterocycles. The van der Waals surface area contributed by atoms with Crippen LogP contribution in [-0.2, 0) is 6.42 Å². The molecule has 1 aromatic carbocycles. The second-order valence-electron chi connectivity index (χ2n) is 3.33. The molecule has 0 aliphatic rings. The van der Waals surface area contributed by atoms with E-state index in [0.717, 1.165) is 6.42 Å². The maximum Gasteiger partial charge on any atom is 0.247 e. The van der Waals surface area contributed by atoms with Crippen molar-refractivity contribution in [2.24, 2.45) is 0 Å². The monoisotopic (exact) mass is 200 g/mol. The van der Waals surface area contributed by atoms with E-state index in [4.69, 9.17) is 0 Å². The molecule has 2 aromatic rings. The first-order valence-corrected chi connectivity index (χ1v) is 4.93. The molecular formula is C12H12N2O. The molecule has 0 fully saturated rings. The molecule has 0 unspecified atom stereocenters. The highest BCUT2D eigenvalue weighted by Crippen LogP contribution is 2.03. The first-order chi connectivity index (χ1) is 7.36. The minimum absolute atomic E-state index is 0.0313. The molecule has 0 aliphatic heterocycles. The molecule has 0 spiro atoms. The number of rotatable bonds is 3. The molecule has 0 radical (unpaired) electrons. The number of carbonyl (C=O) groups excluding carboxylic acids is 1. The Morgan fingerprint density at radius 3 is 2.67 bits per heavy atom. The standard InChI is InChI=1S/C12H12N2O/c15-12(14-10-4-9-13-14)8-7-11-5-2-1-3-6-11/h1-6,9-10H,7-8H2. The summed E-state index contributed by atoms with van der Waals surface area (Å²) in [5.41, 5.74) is 1.18. The van der Waals surface area contributed by atoms with Crippen LogP contribution < -0.4 is 0 Å². The molecule has 0 saturated heterocycles. The normalized spacial score (nSPS) is 10.1. The molecule has 3 heteroatoms. The third-order valence-electron chi connectivity index (χ3n) is 2.23. The molecule has 0 saturated carbocycles. The van der Waals surface area contributed by atoms with Crippen molar-refractivity contribution in [3.8, 4) is 0 Å². The van der Waals surface area contributed by atoms with E-state index < -0.39 is 0 Å². The topological polar surface area (TPSA) is 34.9 Å². The molecule has 76 valence electrons. The first kappa shape index (κ1) is 9.65. The van der Waals surface area contributed by atoms with Crippen molar-refractivity contribution in [2.45, 2.75) is 12.8 Å². The Hall–Kier alpha value is -1.90. The van der Waals surface area contributed by atoms with Crippen LogP contribution in [0.15, 0.2) is 48.8 Å². The van der Waals surface area contributed by atoms with Gasteiger partial charge in [-0.1, -0.05) is 30.3 Å². The summed E-state index contributed by atoms with van der Waals surface area (Å²) < 4.78 is 1.38. The number of aromatic nitrogens is 2. The lowest BCUT2D eigenvalue weighted by Crippen LogP contribution is -2.11. The van der Waals surface area contributed by atoms with Crippen LogP contribution in [0.1, 0.15) is 16.8 Å². The SMILES string of the molecule is O=C(CCc1ccccc1)n1cccn1. The van der Waals surface area contributed by atoms with Gasteiger partial charge >= 0.3 is 0 Å². The smallest absolute Gasteiger partial charge is 0.247 e. The van der Waals surface area contributed by atoms with Crippen molar-refractivity contribution >= 4 is 5.91 Å². The maximum absolute atomic E-state index is 11.6. The van der Waals surface area contributed by atoms with Crippen LogP contribution in [0.2, 0.25) is 0 Å². The number of hydrogen-bond donors (Lipinski definition) is 0. The zero-order chi connectivity index (χ0) is 10.5. The van der Waals surface area contributed by atoms with Gasteiger partial charge in [-0.15, -0.1) is 0 Å². The van der Waals surface area contributed by atoms with Gasteiger partial charge in [-0.05, 0) is 18.1 Å². The Kier molecular flexibility index (Phi) is 2.93. The lowest BCUT2D eigenvalue weighted by molar-refractivity contribution is 0.0887. The van der Waals surface area contributed by atoms with E-state index >= 15 is 0 Å². The summed E-state index contributed by atoms with van der Waals surface area (Å²) in [6.07, 6.45) is 4.54. The van der Waals surface area contributed by atoms with Crippen molar-refractivity contribution in [1.82, 2.24) is 9.78 Å². The summed E-state index contributed by atoms with van der Waals surface area (Å²) in [6, 6.07) is 11.7. The molecular weight excluding hydrogens is 188 g/mol. The van der Waals surface area contributed by atoms with E-state index in [2.05, 4.69) is 5.10 Å². The minimum atomic E-state index is 0.0313. The van der Waals surface area contributed by atoms with Crippen LogP contribution in [0.3, 0.4) is 0 Å². The van der Waals surface area contributed by atoms with Gasteiger partial charge in [-0.2, -0.15) is 5.10 Å². The third kappa shape index (κ3) is 2.53. The van der Waals surface area contributed by atoms with E-state index in [0.29, 0.717) is 6.42 Å². The highest BCUT2D eigenvalue weighted by Gasteiger charge is 2.04. The first-order valence-electron chi connectivity index (χ1n) is 4.93. The Morgan fingerprint density at radius 2 is 2.00 bits per heavy atom. The van der Waals surface area contributed by atoms with Crippen molar-refractivity contribution in [2.75, 3.05) is 0 Å². The zero-order valence-electron chi connectivity index (χ0n) is 8.34. The molecule has 15 heavy (non-hydrogen) atoms. The van der Waals surface area contributed by atoms with Gasteiger partial charge in [0, 0.05) is 18.8 Å². The lowest BCUT2D eigenvalue weighted by atomic mass is 10.1. The summed E-state index contributed by atoms with van der Waals surface area (Å²) in [5.74, 6) is 0.0313. The fraction of sp³-hybridized carbons (Fsp3) is 0.167. The maximum atomic E-state index is 11.6. The average Bonchev–Trinajstić information content (AvgIpc) is 2.81. The number of benzene rings is 1. The van der Waals surface area contributed by atoms with Crippen LogP contribution in [-0.4, -0.2) is 15.7 Å².